The second kappa shape index (κ2) is 4.92. The fourth-order valence-electron chi connectivity index (χ4n) is 1.45. The van der Waals surface area contributed by atoms with Gasteiger partial charge in [-0.3, -0.25) is 4.98 Å². The zero-order valence-corrected chi connectivity index (χ0v) is 9.37. The van der Waals surface area contributed by atoms with Gasteiger partial charge in [-0.05, 0) is 26.0 Å². The number of ether oxygens (including phenoxy) is 1. The first kappa shape index (κ1) is 12.4. The maximum atomic E-state index is 12.4. The molecule has 0 unspecified atom stereocenters. The van der Waals surface area contributed by atoms with Crippen molar-refractivity contribution in [1.29, 1.82) is 0 Å². The van der Waals surface area contributed by atoms with Crippen molar-refractivity contribution in [3.8, 4) is 0 Å². The number of alkyl halides is 1. The fraction of sp³-hybridized carbons (Fsp3) is 0.455. The van der Waals surface area contributed by atoms with E-state index in [1.807, 2.05) is 0 Å². The predicted octanol–water partition coefficient (Wildman–Crippen LogP) is 1.97. The zero-order valence-electron chi connectivity index (χ0n) is 9.37. The molecule has 0 atom stereocenters. The van der Waals surface area contributed by atoms with Gasteiger partial charge < -0.3 is 10.5 Å². The van der Waals surface area contributed by atoms with Crippen LogP contribution in [0.2, 0.25) is 0 Å². The number of hydrogen-bond donors (Lipinski definition) is 1. The molecule has 88 valence electrons. The van der Waals surface area contributed by atoms with E-state index in [1.165, 1.54) is 0 Å². The molecule has 0 radical (unpaired) electrons. The summed E-state index contributed by atoms with van der Waals surface area (Å²) < 4.78 is 17.3. The summed E-state index contributed by atoms with van der Waals surface area (Å²) in [5.74, 6) is 0. The third-order valence-corrected chi connectivity index (χ3v) is 1.99. The summed E-state index contributed by atoms with van der Waals surface area (Å²) in [6.07, 6.45) is -0.435. The van der Waals surface area contributed by atoms with Crippen LogP contribution in [0.4, 0.5) is 9.18 Å². The van der Waals surface area contributed by atoms with Crippen LogP contribution in [0, 0.1) is 0 Å². The average Bonchev–Trinajstić information content (AvgIpc) is 2.15. The Kier molecular flexibility index (Phi) is 3.82. The largest absolute Gasteiger partial charge is 0.443 e. The van der Waals surface area contributed by atoms with Gasteiger partial charge in [0.2, 0.25) is 0 Å². The summed E-state index contributed by atoms with van der Waals surface area (Å²) in [5.41, 5.74) is 5.24. The lowest BCUT2D eigenvalue weighted by Gasteiger charge is -2.23. The Balaban J connectivity index is 2.75. The van der Waals surface area contributed by atoms with Crippen LogP contribution in [-0.4, -0.2) is 16.7 Å². The summed E-state index contributed by atoms with van der Waals surface area (Å²) in [4.78, 5) is 14.7. The summed E-state index contributed by atoms with van der Waals surface area (Å²) in [5, 5.41) is 0. The number of carbonyl (C=O) groups is 1. The Morgan fingerprint density at radius 1 is 1.50 bits per heavy atom. The Labute approximate surface area is 93.6 Å². The molecule has 0 fully saturated rings. The quantitative estimate of drug-likeness (QED) is 0.853. The van der Waals surface area contributed by atoms with E-state index >= 15 is 0 Å². The smallest absolute Gasteiger partial charge is 0.405 e. The van der Waals surface area contributed by atoms with Crippen molar-refractivity contribution in [2.45, 2.75) is 32.5 Å². The van der Waals surface area contributed by atoms with Crippen molar-refractivity contribution in [2.24, 2.45) is 5.73 Å². The highest BCUT2D eigenvalue weighted by Crippen LogP contribution is 2.16. The van der Waals surface area contributed by atoms with E-state index in [0.717, 1.165) is 0 Å². The van der Waals surface area contributed by atoms with Gasteiger partial charge in [0.15, 0.2) is 0 Å². The molecule has 0 aromatic carbocycles. The first-order chi connectivity index (χ1) is 7.43. The third kappa shape index (κ3) is 3.84. The van der Waals surface area contributed by atoms with Crippen molar-refractivity contribution in [2.75, 3.05) is 0 Å². The number of pyridine rings is 1. The first-order valence-corrected chi connectivity index (χ1v) is 4.92. The molecule has 5 heteroatoms. The molecule has 0 aliphatic heterocycles. The Hall–Kier alpha value is -1.65. The molecule has 2 N–H and O–H groups in total. The molecular weight excluding hydrogens is 211 g/mol. The lowest BCUT2D eigenvalue weighted by atomic mass is 10.0. The van der Waals surface area contributed by atoms with E-state index in [-0.39, 0.29) is 0 Å². The van der Waals surface area contributed by atoms with Crippen LogP contribution in [0.3, 0.4) is 0 Å². The molecule has 0 spiro atoms. The predicted molar refractivity (Wildman–Crippen MR) is 57.5 cm³/mol. The maximum Gasteiger partial charge on any atom is 0.405 e. The van der Waals surface area contributed by atoms with Crippen LogP contribution in [0.1, 0.15) is 25.2 Å². The number of amides is 1. The first-order valence-electron chi connectivity index (χ1n) is 4.92. The molecule has 1 heterocycles. The van der Waals surface area contributed by atoms with Gasteiger partial charge in [-0.2, -0.15) is 0 Å². The number of carbonyl (C=O) groups excluding carboxylic acids is 1. The Bertz CT molecular complexity index is 380. The van der Waals surface area contributed by atoms with E-state index in [9.17, 15) is 9.18 Å². The van der Waals surface area contributed by atoms with Gasteiger partial charge in [0.1, 0.15) is 12.3 Å². The molecule has 16 heavy (non-hydrogen) atoms. The number of halogens is 1. The molecule has 0 saturated carbocycles. The number of nitrogens with two attached hydrogens (primary N) is 1. The van der Waals surface area contributed by atoms with Gasteiger partial charge in [0.25, 0.3) is 0 Å². The minimum Gasteiger partial charge on any atom is -0.443 e. The topological polar surface area (TPSA) is 65.2 Å². The molecule has 1 amide bonds. The van der Waals surface area contributed by atoms with Gasteiger partial charge in [0, 0.05) is 12.1 Å². The van der Waals surface area contributed by atoms with Gasteiger partial charge in [-0.15, -0.1) is 0 Å². The van der Waals surface area contributed by atoms with E-state index in [2.05, 4.69) is 4.98 Å². The van der Waals surface area contributed by atoms with Gasteiger partial charge in [-0.25, -0.2) is 9.18 Å². The van der Waals surface area contributed by atoms with Crippen LogP contribution >= 0.6 is 0 Å². The molecular formula is C11H15FN2O2. The summed E-state index contributed by atoms with van der Waals surface area (Å²) in [7, 11) is 0. The number of aromatic nitrogens is 1. The molecule has 1 aromatic heterocycles. The van der Waals surface area contributed by atoms with E-state index < -0.39 is 18.4 Å². The van der Waals surface area contributed by atoms with Crippen molar-refractivity contribution in [3.05, 3.63) is 29.6 Å². The van der Waals surface area contributed by atoms with Crippen LogP contribution in [0.15, 0.2) is 18.2 Å². The molecule has 4 nitrogen and oxygen atoms in total. The Morgan fingerprint density at radius 3 is 2.69 bits per heavy atom. The molecule has 0 aliphatic carbocycles. The molecule has 1 aromatic rings. The SMILES string of the molecule is CC(C)(Cc1cccc(CF)n1)OC(N)=O. The monoisotopic (exact) mass is 226 g/mol. The Morgan fingerprint density at radius 2 is 2.12 bits per heavy atom. The highest BCUT2D eigenvalue weighted by molar-refractivity contribution is 5.65. The van der Waals surface area contributed by atoms with Gasteiger partial charge in [-0.1, -0.05) is 6.07 Å². The number of hydrogen-bond acceptors (Lipinski definition) is 3. The summed E-state index contributed by atoms with van der Waals surface area (Å²) in [6, 6.07) is 5.08. The summed E-state index contributed by atoms with van der Waals surface area (Å²) in [6.45, 7) is 2.84. The van der Waals surface area contributed by atoms with Crippen LogP contribution in [-0.2, 0) is 17.8 Å². The van der Waals surface area contributed by atoms with Crippen molar-refractivity contribution < 1.29 is 13.9 Å². The van der Waals surface area contributed by atoms with E-state index in [4.69, 9.17) is 10.5 Å². The standard InChI is InChI=1S/C11H15FN2O2/c1-11(2,16-10(13)15)6-8-4-3-5-9(7-12)14-8/h3-5H,6-7H2,1-2H3,(H2,13,15). The van der Waals surface area contributed by atoms with Crippen molar-refractivity contribution in [3.63, 3.8) is 0 Å². The molecule has 0 aliphatic rings. The summed E-state index contributed by atoms with van der Waals surface area (Å²) >= 11 is 0. The zero-order chi connectivity index (χ0) is 12.2. The van der Waals surface area contributed by atoms with Crippen LogP contribution < -0.4 is 5.73 Å². The van der Waals surface area contributed by atoms with Gasteiger partial charge >= 0.3 is 6.09 Å². The van der Waals surface area contributed by atoms with Crippen molar-refractivity contribution >= 4 is 6.09 Å². The van der Waals surface area contributed by atoms with Crippen LogP contribution in [0.5, 0.6) is 0 Å². The van der Waals surface area contributed by atoms with Crippen molar-refractivity contribution in [1.82, 2.24) is 4.98 Å². The lowest BCUT2D eigenvalue weighted by Crippen LogP contribution is -2.33. The normalized spacial score (nSPS) is 11.2. The second-order valence-electron chi connectivity index (χ2n) is 4.11. The highest BCUT2D eigenvalue weighted by Gasteiger charge is 2.22. The minimum atomic E-state index is -0.827. The number of rotatable bonds is 4. The second-order valence-corrected chi connectivity index (χ2v) is 4.11. The molecule has 0 bridgehead atoms. The number of nitrogens with zero attached hydrogens (tertiary/aromatic N) is 1. The van der Waals surface area contributed by atoms with E-state index in [1.54, 1.807) is 32.0 Å². The van der Waals surface area contributed by atoms with E-state index in [0.29, 0.717) is 17.8 Å². The maximum absolute atomic E-state index is 12.4. The molecule has 0 saturated heterocycles. The average molecular weight is 226 g/mol. The number of primary amides is 1. The lowest BCUT2D eigenvalue weighted by molar-refractivity contribution is 0.0453. The molecule has 1 rings (SSSR count). The minimum absolute atomic E-state index is 0.368. The third-order valence-electron chi connectivity index (χ3n) is 1.99. The fourth-order valence-corrected chi connectivity index (χ4v) is 1.45. The highest BCUT2D eigenvalue weighted by atomic mass is 19.1. The van der Waals surface area contributed by atoms with Crippen LogP contribution in [0.25, 0.3) is 0 Å². The van der Waals surface area contributed by atoms with Gasteiger partial charge in [0.05, 0.1) is 5.69 Å².